The van der Waals surface area contributed by atoms with Crippen molar-refractivity contribution in [1.29, 1.82) is 0 Å². The molecule has 0 unspecified atom stereocenters. The lowest BCUT2D eigenvalue weighted by Gasteiger charge is -2.21. The van der Waals surface area contributed by atoms with Gasteiger partial charge in [-0.05, 0) is 74.9 Å². The number of carbonyl (C=O) groups is 1. The number of amides is 1. The minimum Gasteiger partial charge on any atom is -0.496 e. The van der Waals surface area contributed by atoms with Gasteiger partial charge in [0.05, 0.1) is 31.2 Å². The average Bonchev–Trinajstić information content (AvgIpc) is 3.31. The van der Waals surface area contributed by atoms with Gasteiger partial charge in [-0.15, -0.1) is 0 Å². The molecule has 0 bridgehead atoms. The fourth-order valence-electron chi connectivity index (χ4n) is 4.02. The van der Waals surface area contributed by atoms with Crippen LogP contribution < -0.4 is 9.47 Å². The van der Waals surface area contributed by atoms with Gasteiger partial charge in [-0.3, -0.25) is 4.79 Å². The van der Waals surface area contributed by atoms with Crippen molar-refractivity contribution in [2.75, 3.05) is 48.5 Å². The summed E-state index contributed by atoms with van der Waals surface area (Å²) < 4.78 is 13.1. The number of methoxy groups -OCH3 is 2. The van der Waals surface area contributed by atoms with E-state index in [1.54, 1.807) is 19.1 Å². The molecule has 0 N–H and O–H groups in total. The molecule has 1 heterocycles. The second kappa shape index (κ2) is 11.2. The molecule has 0 spiro atoms. The maximum absolute atomic E-state index is 13.1. The van der Waals surface area contributed by atoms with E-state index in [0.717, 1.165) is 35.5 Å². The van der Waals surface area contributed by atoms with Crippen molar-refractivity contribution >= 4 is 5.91 Å². The molecular formula is C27H35N4O3. The highest BCUT2D eigenvalue weighted by Gasteiger charge is 2.21. The van der Waals surface area contributed by atoms with Crippen LogP contribution >= 0.6 is 0 Å². The number of benzene rings is 2. The number of carbonyl (C=O) groups excluding carboxylic acids is 1. The van der Waals surface area contributed by atoms with Crippen molar-refractivity contribution in [3.63, 3.8) is 0 Å². The summed E-state index contributed by atoms with van der Waals surface area (Å²) in [5.74, 6) is 1.57. The van der Waals surface area contributed by atoms with Gasteiger partial charge in [0, 0.05) is 19.2 Å². The van der Waals surface area contributed by atoms with E-state index >= 15 is 0 Å². The third-order valence-electron chi connectivity index (χ3n) is 5.84. The fourth-order valence-corrected chi connectivity index (χ4v) is 4.02. The van der Waals surface area contributed by atoms with Crippen molar-refractivity contribution < 1.29 is 14.3 Å². The maximum Gasteiger partial charge on any atom is 0.253 e. The van der Waals surface area contributed by atoms with E-state index in [2.05, 4.69) is 30.0 Å². The topological polar surface area (TPSA) is 59.8 Å². The van der Waals surface area contributed by atoms with Gasteiger partial charge < -0.3 is 19.3 Å². The van der Waals surface area contributed by atoms with Crippen molar-refractivity contribution in [1.82, 2.24) is 19.6 Å². The molecule has 0 saturated heterocycles. The summed E-state index contributed by atoms with van der Waals surface area (Å²) in [6.45, 7) is 5.88. The number of aromatic nitrogens is 2. The van der Waals surface area contributed by atoms with E-state index in [1.165, 1.54) is 0 Å². The highest BCUT2D eigenvalue weighted by atomic mass is 16.5. The lowest BCUT2D eigenvalue weighted by atomic mass is 9.97. The summed E-state index contributed by atoms with van der Waals surface area (Å²) in [6, 6.07) is 13.3. The minimum absolute atomic E-state index is 0.0193. The molecule has 0 aliphatic heterocycles. The quantitative estimate of drug-likeness (QED) is 0.443. The monoisotopic (exact) mass is 463 g/mol. The standard InChI is InChI=1S/C27H35N4O3/c1-19(2)21-18-20(27(32)30(5)17-9-16-29(3)4)12-13-22(21)31-23(14-15-28-31)26-24(33-6)10-8-11-25(26)34-7/h8,10-14,18-19H,9,16-17H2,1-7H3. The SMILES string of the molecule is COc1cccc(OC)c1-c1c[c]nn1-c1ccc(C(=O)N(C)CCCN(C)C)cc1C(C)C. The molecule has 0 aliphatic rings. The van der Waals surface area contributed by atoms with E-state index in [1.807, 2.05) is 68.3 Å². The Bertz CT molecular complexity index is 1100. The first-order chi connectivity index (χ1) is 16.3. The first-order valence-electron chi connectivity index (χ1n) is 11.5. The van der Waals surface area contributed by atoms with E-state index < -0.39 is 0 Å². The predicted molar refractivity (Wildman–Crippen MR) is 135 cm³/mol. The van der Waals surface area contributed by atoms with E-state index in [9.17, 15) is 4.79 Å². The minimum atomic E-state index is 0.0193. The highest BCUT2D eigenvalue weighted by Crippen LogP contribution is 2.39. The van der Waals surface area contributed by atoms with Crippen LogP contribution in [0, 0.1) is 6.20 Å². The predicted octanol–water partition coefficient (Wildman–Crippen LogP) is 4.50. The number of hydrogen-bond acceptors (Lipinski definition) is 5. The molecule has 2 aromatic carbocycles. The molecule has 1 radical (unpaired) electrons. The smallest absolute Gasteiger partial charge is 0.253 e. The number of rotatable bonds is 10. The first-order valence-corrected chi connectivity index (χ1v) is 11.5. The van der Waals surface area contributed by atoms with Crippen LogP contribution in [0.5, 0.6) is 11.5 Å². The molecule has 0 aliphatic carbocycles. The number of ether oxygens (including phenoxy) is 2. The summed E-state index contributed by atoms with van der Waals surface area (Å²) in [5.41, 5.74) is 4.20. The second-order valence-electron chi connectivity index (χ2n) is 8.92. The Balaban J connectivity index is 2.01. The zero-order valence-corrected chi connectivity index (χ0v) is 21.3. The zero-order chi connectivity index (χ0) is 24.8. The van der Waals surface area contributed by atoms with Crippen LogP contribution in [0.25, 0.3) is 16.9 Å². The molecule has 0 fully saturated rings. The largest absolute Gasteiger partial charge is 0.496 e. The third kappa shape index (κ3) is 5.42. The van der Waals surface area contributed by atoms with Gasteiger partial charge in [-0.2, -0.15) is 5.10 Å². The summed E-state index contributed by atoms with van der Waals surface area (Å²) >= 11 is 0. The Hall–Kier alpha value is -3.32. The fraction of sp³-hybridized carbons (Fsp3) is 0.407. The molecule has 0 atom stereocenters. The van der Waals surface area contributed by atoms with E-state index in [0.29, 0.717) is 23.6 Å². The molecule has 181 valence electrons. The first kappa shape index (κ1) is 25.3. The second-order valence-corrected chi connectivity index (χ2v) is 8.92. The lowest BCUT2D eigenvalue weighted by Crippen LogP contribution is -2.30. The van der Waals surface area contributed by atoms with Crippen LogP contribution in [0.15, 0.2) is 42.5 Å². The Morgan fingerprint density at radius 2 is 1.74 bits per heavy atom. The summed E-state index contributed by atoms with van der Waals surface area (Å²) in [5, 5.41) is 4.50. The average molecular weight is 464 g/mol. The molecule has 3 rings (SSSR count). The van der Waals surface area contributed by atoms with Crippen molar-refractivity contribution in [3.8, 4) is 28.4 Å². The number of nitrogens with zero attached hydrogens (tertiary/aromatic N) is 4. The Morgan fingerprint density at radius 1 is 1.06 bits per heavy atom. The molecule has 7 heteroatoms. The van der Waals surface area contributed by atoms with Gasteiger partial charge >= 0.3 is 0 Å². The molecule has 3 aromatic rings. The van der Waals surface area contributed by atoms with Gasteiger partial charge in [0.2, 0.25) is 0 Å². The van der Waals surface area contributed by atoms with Crippen molar-refractivity contribution in [2.45, 2.75) is 26.2 Å². The molecule has 0 saturated carbocycles. The normalized spacial score (nSPS) is 11.2. The summed E-state index contributed by atoms with van der Waals surface area (Å²) in [4.78, 5) is 17.0. The van der Waals surface area contributed by atoms with Gasteiger partial charge in [-0.25, -0.2) is 4.68 Å². The maximum atomic E-state index is 13.1. The Kier molecular flexibility index (Phi) is 8.34. The van der Waals surface area contributed by atoms with Crippen molar-refractivity contribution in [2.24, 2.45) is 0 Å². The van der Waals surface area contributed by atoms with Crippen LogP contribution in [-0.2, 0) is 0 Å². The van der Waals surface area contributed by atoms with Gasteiger partial charge in [0.15, 0.2) is 0 Å². The zero-order valence-electron chi connectivity index (χ0n) is 21.3. The lowest BCUT2D eigenvalue weighted by molar-refractivity contribution is 0.0790. The van der Waals surface area contributed by atoms with E-state index in [-0.39, 0.29) is 11.8 Å². The van der Waals surface area contributed by atoms with Gasteiger partial charge in [0.25, 0.3) is 5.91 Å². The molecule has 7 nitrogen and oxygen atoms in total. The van der Waals surface area contributed by atoms with Crippen LogP contribution in [0.4, 0.5) is 0 Å². The Morgan fingerprint density at radius 3 is 2.32 bits per heavy atom. The molecule has 34 heavy (non-hydrogen) atoms. The third-order valence-corrected chi connectivity index (χ3v) is 5.84. The number of hydrogen-bond donors (Lipinski definition) is 0. The van der Waals surface area contributed by atoms with Crippen LogP contribution in [-0.4, -0.2) is 73.9 Å². The van der Waals surface area contributed by atoms with Gasteiger partial charge in [-0.1, -0.05) is 19.9 Å². The van der Waals surface area contributed by atoms with Crippen LogP contribution in [0.3, 0.4) is 0 Å². The van der Waals surface area contributed by atoms with Gasteiger partial charge in [0.1, 0.15) is 17.7 Å². The highest BCUT2D eigenvalue weighted by molar-refractivity contribution is 5.94. The van der Waals surface area contributed by atoms with Crippen molar-refractivity contribution in [3.05, 3.63) is 59.8 Å². The van der Waals surface area contributed by atoms with Crippen LogP contribution in [0.1, 0.15) is 42.1 Å². The molecule has 1 amide bonds. The van der Waals surface area contributed by atoms with Crippen LogP contribution in [0.2, 0.25) is 0 Å². The molecule has 1 aromatic heterocycles. The van der Waals surface area contributed by atoms with E-state index in [4.69, 9.17) is 9.47 Å². The summed E-state index contributed by atoms with van der Waals surface area (Å²) in [6.07, 6.45) is 3.90. The summed E-state index contributed by atoms with van der Waals surface area (Å²) in [7, 11) is 9.21. The molecular weight excluding hydrogens is 428 g/mol. The Labute approximate surface area is 202 Å².